The Morgan fingerprint density at radius 2 is 1.96 bits per heavy atom. The first-order valence-electron chi connectivity index (χ1n) is 8.40. The van der Waals surface area contributed by atoms with E-state index in [-0.39, 0.29) is 12.3 Å². The number of ether oxygens (including phenoxy) is 1. The van der Waals surface area contributed by atoms with E-state index >= 15 is 0 Å². The Morgan fingerprint density at radius 1 is 1.15 bits per heavy atom. The minimum Gasteiger partial charge on any atom is -0.484 e. The SMILES string of the molecule is CCCc1cc(=O)oc2cc(OCC(=O)Nc3ccc(F)cc3F)ccc12. The zero-order chi connectivity index (χ0) is 19.4. The van der Waals surface area contributed by atoms with E-state index in [0.717, 1.165) is 35.9 Å². The van der Waals surface area contributed by atoms with E-state index < -0.39 is 23.2 Å². The number of aryl methyl sites for hydroxylation is 1. The molecule has 1 heterocycles. The summed E-state index contributed by atoms with van der Waals surface area (Å²) in [5, 5.41) is 3.11. The van der Waals surface area contributed by atoms with E-state index in [2.05, 4.69) is 5.32 Å². The largest absolute Gasteiger partial charge is 0.484 e. The van der Waals surface area contributed by atoms with Crippen molar-refractivity contribution in [2.45, 2.75) is 19.8 Å². The molecule has 1 N–H and O–H groups in total. The van der Waals surface area contributed by atoms with Gasteiger partial charge in [0.15, 0.2) is 6.61 Å². The third-order valence-corrected chi connectivity index (χ3v) is 3.90. The molecular formula is C20H17F2NO4. The number of anilines is 1. The molecule has 3 aromatic rings. The van der Waals surface area contributed by atoms with Crippen molar-refractivity contribution in [1.29, 1.82) is 0 Å². The average Bonchev–Trinajstić information content (AvgIpc) is 2.62. The number of hydrogen-bond acceptors (Lipinski definition) is 4. The highest BCUT2D eigenvalue weighted by Crippen LogP contribution is 2.23. The Labute approximate surface area is 153 Å². The van der Waals surface area contributed by atoms with Crippen LogP contribution in [-0.4, -0.2) is 12.5 Å². The van der Waals surface area contributed by atoms with Crippen molar-refractivity contribution >= 4 is 22.6 Å². The highest BCUT2D eigenvalue weighted by Gasteiger charge is 2.10. The van der Waals surface area contributed by atoms with E-state index in [9.17, 15) is 18.4 Å². The Bertz CT molecular complexity index is 1050. The standard InChI is InChI=1S/C20H17F2NO4/c1-2-3-12-8-20(25)27-18-10-14(5-6-15(12)18)26-11-19(24)23-17-7-4-13(21)9-16(17)22/h4-10H,2-3,11H2,1H3,(H,23,24). The van der Waals surface area contributed by atoms with Crippen LogP contribution in [0.1, 0.15) is 18.9 Å². The highest BCUT2D eigenvalue weighted by molar-refractivity contribution is 5.92. The minimum atomic E-state index is -0.876. The molecule has 0 radical (unpaired) electrons. The number of nitrogens with one attached hydrogen (secondary N) is 1. The lowest BCUT2D eigenvalue weighted by Crippen LogP contribution is -2.20. The van der Waals surface area contributed by atoms with Crippen LogP contribution >= 0.6 is 0 Å². The summed E-state index contributed by atoms with van der Waals surface area (Å²) < 4.78 is 37.0. The van der Waals surface area contributed by atoms with Crippen molar-refractivity contribution in [3.63, 3.8) is 0 Å². The predicted molar refractivity (Wildman–Crippen MR) is 97.0 cm³/mol. The molecule has 1 amide bonds. The summed E-state index contributed by atoms with van der Waals surface area (Å²) >= 11 is 0. The molecule has 140 valence electrons. The van der Waals surface area contributed by atoms with E-state index in [0.29, 0.717) is 17.4 Å². The molecule has 0 spiro atoms. The predicted octanol–water partition coefficient (Wildman–Crippen LogP) is 4.04. The van der Waals surface area contributed by atoms with Crippen LogP contribution in [0.25, 0.3) is 11.0 Å². The van der Waals surface area contributed by atoms with Crippen molar-refractivity contribution in [2.24, 2.45) is 0 Å². The molecule has 3 rings (SSSR count). The molecule has 0 atom stereocenters. The highest BCUT2D eigenvalue weighted by atomic mass is 19.1. The van der Waals surface area contributed by atoms with Crippen molar-refractivity contribution in [1.82, 2.24) is 0 Å². The number of carbonyl (C=O) groups is 1. The van der Waals surface area contributed by atoms with Gasteiger partial charge in [-0.15, -0.1) is 0 Å². The summed E-state index contributed by atoms with van der Waals surface area (Å²) in [4.78, 5) is 23.6. The molecule has 2 aromatic carbocycles. The third-order valence-electron chi connectivity index (χ3n) is 3.90. The van der Waals surface area contributed by atoms with Crippen LogP contribution in [0.2, 0.25) is 0 Å². The quantitative estimate of drug-likeness (QED) is 0.662. The monoisotopic (exact) mass is 373 g/mol. The fraction of sp³-hybridized carbons (Fsp3) is 0.200. The van der Waals surface area contributed by atoms with Gasteiger partial charge >= 0.3 is 5.63 Å². The minimum absolute atomic E-state index is 0.140. The second-order valence-corrected chi connectivity index (χ2v) is 5.96. The Kier molecular flexibility index (Phi) is 5.49. The Hall–Kier alpha value is -3.22. The van der Waals surface area contributed by atoms with Gasteiger partial charge in [0.1, 0.15) is 23.0 Å². The summed E-state index contributed by atoms with van der Waals surface area (Å²) in [6, 6.07) is 9.26. The van der Waals surface area contributed by atoms with Gasteiger partial charge in [-0.05, 0) is 36.2 Å². The molecule has 0 aliphatic rings. The van der Waals surface area contributed by atoms with Gasteiger partial charge in [-0.3, -0.25) is 4.79 Å². The lowest BCUT2D eigenvalue weighted by atomic mass is 10.1. The number of amides is 1. The molecule has 0 bridgehead atoms. The van der Waals surface area contributed by atoms with Crippen LogP contribution in [0.15, 0.2) is 51.7 Å². The molecular weight excluding hydrogens is 356 g/mol. The zero-order valence-corrected chi connectivity index (χ0v) is 14.6. The average molecular weight is 373 g/mol. The first-order valence-corrected chi connectivity index (χ1v) is 8.40. The Balaban J connectivity index is 1.71. The van der Waals surface area contributed by atoms with Crippen molar-refractivity contribution < 1.29 is 22.7 Å². The van der Waals surface area contributed by atoms with Crippen molar-refractivity contribution in [2.75, 3.05) is 11.9 Å². The molecule has 1 aromatic heterocycles. The van der Waals surface area contributed by atoms with Crippen LogP contribution in [0.3, 0.4) is 0 Å². The fourth-order valence-corrected chi connectivity index (χ4v) is 2.70. The van der Waals surface area contributed by atoms with Crippen molar-refractivity contribution in [3.8, 4) is 5.75 Å². The first-order chi connectivity index (χ1) is 13.0. The van der Waals surface area contributed by atoms with Gasteiger partial charge in [-0.1, -0.05) is 13.3 Å². The van der Waals surface area contributed by atoms with E-state index in [1.807, 2.05) is 6.92 Å². The van der Waals surface area contributed by atoms with Gasteiger partial charge in [0.05, 0.1) is 5.69 Å². The lowest BCUT2D eigenvalue weighted by Gasteiger charge is -2.09. The van der Waals surface area contributed by atoms with Crippen LogP contribution in [0, 0.1) is 11.6 Å². The number of carbonyl (C=O) groups excluding carboxylic acids is 1. The number of rotatable bonds is 6. The summed E-state index contributed by atoms with van der Waals surface area (Å²) in [5.74, 6) is -1.89. The summed E-state index contributed by atoms with van der Waals surface area (Å²) in [5.41, 5.74) is 0.666. The van der Waals surface area contributed by atoms with Gasteiger partial charge in [-0.25, -0.2) is 13.6 Å². The maximum Gasteiger partial charge on any atom is 0.336 e. The zero-order valence-electron chi connectivity index (χ0n) is 14.6. The van der Waals surface area contributed by atoms with Gasteiger partial charge in [0.25, 0.3) is 5.91 Å². The molecule has 5 nitrogen and oxygen atoms in total. The van der Waals surface area contributed by atoms with Crippen LogP contribution in [0.5, 0.6) is 5.75 Å². The molecule has 0 unspecified atom stereocenters. The molecule has 0 fully saturated rings. The number of fused-ring (bicyclic) bond motifs is 1. The summed E-state index contributed by atoms with van der Waals surface area (Å²) in [6.45, 7) is 1.63. The van der Waals surface area contributed by atoms with E-state index in [4.69, 9.17) is 9.15 Å². The number of hydrogen-bond donors (Lipinski definition) is 1. The number of halogens is 2. The van der Waals surface area contributed by atoms with Gasteiger partial charge in [0, 0.05) is 23.6 Å². The normalized spacial score (nSPS) is 10.8. The summed E-state index contributed by atoms with van der Waals surface area (Å²) in [7, 11) is 0. The Morgan fingerprint density at radius 3 is 2.70 bits per heavy atom. The topological polar surface area (TPSA) is 68.5 Å². The lowest BCUT2D eigenvalue weighted by molar-refractivity contribution is -0.118. The van der Waals surface area contributed by atoms with E-state index in [1.165, 1.54) is 12.1 Å². The smallest absolute Gasteiger partial charge is 0.336 e. The van der Waals surface area contributed by atoms with Crippen molar-refractivity contribution in [3.05, 3.63) is 70.1 Å². The molecule has 0 saturated heterocycles. The molecule has 27 heavy (non-hydrogen) atoms. The molecule has 0 aliphatic carbocycles. The van der Waals surface area contributed by atoms with Gasteiger partial charge < -0.3 is 14.5 Å². The second kappa shape index (κ2) is 7.99. The fourth-order valence-electron chi connectivity index (χ4n) is 2.70. The van der Waals surface area contributed by atoms with Gasteiger partial charge in [-0.2, -0.15) is 0 Å². The molecule has 7 heteroatoms. The van der Waals surface area contributed by atoms with Crippen LogP contribution in [0.4, 0.5) is 14.5 Å². The van der Waals surface area contributed by atoms with Gasteiger partial charge in [0.2, 0.25) is 0 Å². The second-order valence-electron chi connectivity index (χ2n) is 5.96. The molecule has 0 aliphatic heterocycles. The first kappa shape index (κ1) is 18.6. The third kappa shape index (κ3) is 4.49. The summed E-state index contributed by atoms with van der Waals surface area (Å²) in [6.07, 6.45) is 1.63. The maximum absolute atomic E-state index is 13.5. The van der Waals surface area contributed by atoms with Crippen LogP contribution < -0.4 is 15.7 Å². The number of benzene rings is 2. The maximum atomic E-state index is 13.5. The van der Waals surface area contributed by atoms with Crippen LogP contribution in [-0.2, 0) is 11.2 Å². The van der Waals surface area contributed by atoms with E-state index in [1.54, 1.807) is 12.1 Å². The molecule has 0 saturated carbocycles.